The van der Waals surface area contributed by atoms with Crippen molar-refractivity contribution in [1.82, 2.24) is 25.0 Å². The zero-order valence-corrected chi connectivity index (χ0v) is 24.5. The molecule has 7 atom stereocenters. The number of nitrogens with zero attached hydrogens (tertiary/aromatic N) is 5. The lowest BCUT2D eigenvalue weighted by atomic mass is 9.88. The molecule has 0 spiro atoms. The zero-order chi connectivity index (χ0) is 32.0. The number of nitrogens with one attached hydrogen (secondary N) is 1. The fourth-order valence-electron chi connectivity index (χ4n) is 6.40. The van der Waals surface area contributed by atoms with Crippen molar-refractivity contribution in [2.45, 2.75) is 75.2 Å². The summed E-state index contributed by atoms with van der Waals surface area (Å²) in [5.74, 6) is -4.36. The van der Waals surface area contributed by atoms with Crippen LogP contribution >= 0.6 is 0 Å². The maximum absolute atomic E-state index is 14.6. The fraction of sp³-hybridized carbons (Fsp3) is 0.467. The van der Waals surface area contributed by atoms with Gasteiger partial charge >= 0.3 is 0 Å². The average Bonchev–Trinajstić information content (AvgIpc) is 3.66. The van der Waals surface area contributed by atoms with E-state index in [0.717, 1.165) is 29.7 Å². The van der Waals surface area contributed by atoms with E-state index in [2.05, 4.69) is 20.3 Å². The number of methoxy groups -OCH3 is 1. The van der Waals surface area contributed by atoms with Gasteiger partial charge in [-0.2, -0.15) is 0 Å². The molecule has 0 radical (unpaired) electrons. The van der Waals surface area contributed by atoms with Gasteiger partial charge in [0.1, 0.15) is 35.9 Å². The van der Waals surface area contributed by atoms with Crippen molar-refractivity contribution in [1.29, 1.82) is 0 Å². The van der Waals surface area contributed by atoms with Crippen LogP contribution in [0.15, 0.2) is 36.5 Å². The number of amides is 1. The Kier molecular flexibility index (Phi) is 8.63. The standard InChI is InChI=1S/C30H33F3N6O6/c1-14-34-19-8-7-16(11-20(19)35-14)39(22-5-3-4-6-23(22)41)30(43)29-28(44-2)26(27(42)24(13-40)45-29)38-12-21(36-37-38)15-9-17(31)25(33)18(32)10-15/h7-12,22-24,26-29,40-42H,3-6,13H2,1-2H3,(H,34,35)/t22-,23-,24+,26-,27-,28+,29+/m0/s1. The molecule has 1 amide bonds. The molecule has 2 aromatic carbocycles. The summed E-state index contributed by atoms with van der Waals surface area (Å²) in [6, 6.07) is 5.01. The predicted molar refractivity (Wildman–Crippen MR) is 153 cm³/mol. The number of aromatic amines is 1. The van der Waals surface area contributed by atoms with Crippen LogP contribution in [-0.4, -0.2) is 96.5 Å². The van der Waals surface area contributed by atoms with Crippen LogP contribution in [0.3, 0.4) is 0 Å². The van der Waals surface area contributed by atoms with Crippen molar-refractivity contribution < 1.29 is 42.8 Å². The Balaban J connectivity index is 1.39. The lowest BCUT2D eigenvalue weighted by Gasteiger charge is -2.46. The van der Waals surface area contributed by atoms with Crippen LogP contribution in [0.5, 0.6) is 0 Å². The highest BCUT2D eigenvalue weighted by atomic mass is 19.2. The van der Waals surface area contributed by atoms with Crippen LogP contribution < -0.4 is 4.90 Å². The molecular weight excluding hydrogens is 597 g/mol. The van der Waals surface area contributed by atoms with Gasteiger partial charge in [-0.15, -0.1) is 5.10 Å². The first-order chi connectivity index (χ1) is 21.6. The van der Waals surface area contributed by atoms with Crippen molar-refractivity contribution in [3.8, 4) is 11.3 Å². The van der Waals surface area contributed by atoms with Gasteiger partial charge in [-0.05, 0) is 50.1 Å². The molecule has 45 heavy (non-hydrogen) atoms. The third-order valence-corrected chi connectivity index (χ3v) is 8.60. The summed E-state index contributed by atoms with van der Waals surface area (Å²) >= 11 is 0. The second-order valence-electron chi connectivity index (χ2n) is 11.4. The van der Waals surface area contributed by atoms with Crippen molar-refractivity contribution in [3.63, 3.8) is 0 Å². The summed E-state index contributed by atoms with van der Waals surface area (Å²) in [7, 11) is 1.31. The number of H-pyrrole nitrogens is 1. The smallest absolute Gasteiger partial charge is 0.259 e. The maximum atomic E-state index is 14.6. The van der Waals surface area contributed by atoms with Gasteiger partial charge in [0.2, 0.25) is 0 Å². The molecule has 6 rings (SSSR count). The maximum Gasteiger partial charge on any atom is 0.259 e. The summed E-state index contributed by atoms with van der Waals surface area (Å²) in [6.45, 7) is 1.14. The number of imidazole rings is 1. The van der Waals surface area contributed by atoms with Crippen LogP contribution in [0.1, 0.15) is 37.5 Å². The Hall–Kier alpha value is -3.89. The molecule has 1 aliphatic carbocycles. The van der Waals surface area contributed by atoms with E-state index in [0.29, 0.717) is 35.4 Å². The van der Waals surface area contributed by atoms with Crippen molar-refractivity contribution in [2.24, 2.45) is 0 Å². The topological polar surface area (TPSA) is 159 Å². The van der Waals surface area contributed by atoms with Gasteiger partial charge in [0.15, 0.2) is 23.6 Å². The average molecular weight is 631 g/mol. The van der Waals surface area contributed by atoms with Crippen molar-refractivity contribution in [3.05, 3.63) is 59.8 Å². The summed E-state index contributed by atoms with van der Waals surface area (Å²) in [5, 5.41) is 40.4. The molecule has 1 saturated heterocycles. The van der Waals surface area contributed by atoms with E-state index in [1.165, 1.54) is 18.2 Å². The number of rotatable bonds is 7. The van der Waals surface area contributed by atoms with Crippen LogP contribution in [0.25, 0.3) is 22.3 Å². The Morgan fingerprint density at radius 3 is 2.58 bits per heavy atom. The molecule has 1 aliphatic heterocycles. The monoisotopic (exact) mass is 630 g/mol. The number of halogens is 3. The first-order valence-electron chi connectivity index (χ1n) is 14.6. The molecule has 240 valence electrons. The van der Waals surface area contributed by atoms with Gasteiger partial charge < -0.3 is 34.7 Å². The number of fused-ring (bicyclic) bond motifs is 1. The van der Waals surface area contributed by atoms with E-state index < -0.39 is 72.6 Å². The summed E-state index contributed by atoms with van der Waals surface area (Å²) < 4.78 is 54.4. The van der Waals surface area contributed by atoms with Gasteiger partial charge in [0.05, 0.1) is 36.0 Å². The highest BCUT2D eigenvalue weighted by molar-refractivity contribution is 5.99. The minimum atomic E-state index is -1.63. The van der Waals surface area contributed by atoms with Crippen LogP contribution in [0, 0.1) is 24.4 Å². The SMILES string of the molecule is CO[C@@H]1[C@@H](n2cc(-c3cc(F)c(F)c(F)c3)nn2)[C@@H](O)[C@@H](CO)O[C@H]1C(=O)N(c1ccc2nc(C)[nH]c2c1)[C@H]1CCCC[C@@H]1O. The number of hydrogen-bond donors (Lipinski definition) is 4. The fourth-order valence-corrected chi connectivity index (χ4v) is 6.40. The Labute approximate surface area is 255 Å². The van der Waals surface area contributed by atoms with Gasteiger partial charge in [0, 0.05) is 18.4 Å². The number of aryl methyl sites for hydroxylation is 1. The molecule has 2 aromatic heterocycles. The second kappa shape index (κ2) is 12.5. The number of anilines is 1. The molecule has 1 saturated carbocycles. The van der Waals surface area contributed by atoms with Gasteiger partial charge in [-0.1, -0.05) is 18.1 Å². The van der Waals surface area contributed by atoms with Crippen molar-refractivity contribution in [2.75, 3.05) is 18.6 Å². The number of aliphatic hydroxyl groups excluding tert-OH is 3. The van der Waals surface area contributed by atoms with E-state index in [-0.39, 0.29) is 11.3 Å². The van der Waals surface area contributed by atoms with Gasteiger partial charge in [-0.25, -0.2) is 22.8 Å². The number of hydrogen-bond acceptors (Lipinski definition) is 9. The molecule has 0 bridgehead atoms. The predicted octanol–water partition coefficient (Wildman–Crippen LogP) is 2.56. The molecule has 12 nitrogen and oxygen atoms in total. The lowest BCUT2D eigenvalue weighted by Crippen LogP contribution is -2.63. The quantitative estimate of drug-likeness (QED) is 0.225. The van der Waals surface area contributed by atoms with E-state index >= 15 is 0 Å². The third kappa shape index (κ3) is 5.70. The number of carbonyl (C=O) groups is 1. The molecular formula is C30H33F3N6O6. The highest BCUT2D eigenvalue weighted by Crippen LogP contribution is 2.37. The number of benzene rings is 2. The first kappa shape index (κ1) is 31.1. The molecule has 4 N–H and O–H groups in total. The van der Waals surface area contributed by atoms with E-state index in [9.17, 15) is 33.3 Å². The van der Waals surface area contributed by atoms with Crippen LogP contribution in [0.4, 0.5) is 18.9 Å². The third-order valence-electron chi connectivity index (χ3n) is 8.60. The first-order valence-corrected chi connectivity index (χ1v) is 14.6. The van der Waals surface area contributed by atoms with Crippen molar-refractivity contribution >= 4 is 22.6 Å². The molecule has 2 aliphatic rings. The molecule has 3 heterocycles. The second-order valence-corrected chi connectivity index (χ2v) is 11.4. The van der Waals surface area contributed by atoms with Gasteiger partial charge in [-0.3, -0.25) is 4.79 Å². The lowest BCUT2D eigenvalue weighted by molar-refractivity contribution is -0.211. The zero-order valence-electron chi connectivity index (χ0n) is 24.5. The summed E-state index contributed by atoms with van der Waals surface area (Å²) in [6.07, 6.45) is -2.29. The minimum Gasteiger partial charge on any atom is -0.394 e. The Bertz CT molecular complexity index is 1680. The summed E-state index contributed by atoms with van der Waals surface area (Å²) in [4.78, 5) is 23.7. The van der Waals surface area contributed by atoms with Gasteiger partial charge in [0.25, 0.3) is 5.91 Å². The molecule has 0 unspecified atom stereocenters. The normalized spacial score (nSPS) is 27.2. The molecule has 15 heteroatoms. The Morgan fingerprint density at radius 2 is 1.89 bits per heavy atom. The van der Waals surface area contributed by atoms with E-state index in [1.807, 2.05) is 6.92 Å². The Morgan fingerprint density at radius 1 is 1.16 bits per heavy atom. The van der Waals surface area contributed by atoms with Crippen LogP contribution in [0.2, 0.25) is 0 Å². The largest absolute Gasteiger partial charge is 0.394 e. The number of ether oxygens (including phenoxy) is 2. The van der Waals surface area contributed by atoms with E-state index in [1.54, 1.807) is 18.2 Å². The molecule has 4 aromatic rings. The number of carbonyl (C=O) groups excluding carboxylic acids is 1. The number of aliphatic hydroxyl groups is 3. The van der Waals surface area contributed by atoms with E-state index in [4.69, 9.17) is 9.47 Å². The molecule has 2 fully saturated rings. The highest BCUT2D eigenvalue weighted by Gasteiger charge is 2.52. The minimum absolute atomic E-state index is 0.0418. The van der Waals surface area contributed by atoms with Crippen LogP contribution in [-0.2, 0) is 14.3 Å². The number of aromatic nitrogens is 5. The summed E-state index contributed by atoms with van der Waals surface area (Å²) in [5.41, 5.74) is 1.71.